The normalized spacial score (nSPS) is 12.7. The Morgan fingerprint density at radius 2 is 1.73 bits per heavy atom. The first-order valence-corrected chi connectivity index (χ1v) is 8.65. The number of hydrogen-bond acceptors (Lipinski definition) is 4. The number of hydrogen-bond donors (Lipinski definition) is 3. The summed E-state index contributed by atoms with van der Waals surface area (Å²) in [6, 6.07) is 4.40. The van der Waals surface area contributed by atoms with Crippen molar-refractivity contribution < 1.29 is 18.0 Å². The number of carbonyl (C=O) groups is 2. The summed E-state index contributed by atoms with van der Waals surface area (Å²) >= 11 is 0. The third-order valence-electron chi connectivity index (χ3n) is 2.90. The number of carbonyl (C=O) groups excluding carboxylic acids is 2. The fraction of sp³-hybridized carbons (Fsp3) is 0.429. The molecule has 1 aromatic rings. The Kier molecular flexibility index (Phi) is 5.92. The maximum atomic E-state index is 11.8. The average molecular weight is 327 g/mol. The second-order valence-electron chi connectivity index (χ2n) is 5.48. The summed E-state index contributed by atoms with van der Waals surface area (Å²) in [6.07, 6.45) is 1.54. The quantitative estimate of drug-likeness (QED) is 0.725. The highest BCUT2D eigenvalue weighted by Crippen LogP contribution is 2.14. The molecular formula is C14H21N3O4S. The van der Waals surface area contributed by atoms with Gasteiger partial charge in [0.25, 0.3) is 0 Å². The number of nitrogens with one attached hydrogen (secondary N) is 2. The Labute approximate surface area is 130 Å². The number of primary amides is 1. The minimum absolute atomic E-state index is 0.160. The van der Waals surface area contributed by atoms with E-state index in [2.05, 4.69) is 10.6 Å². The molecule has 0 aromatic heterocycles. The van der Waals surface area contributed by atoms with Crippen LogP contribution in [-0.2, 0) is 14.6 Å². The van der Waals surface area contributed by atoms with E-state index in [-0.39, 0.29) is 10.8 Å². The predicted molar refractivity (Wildman–Crippen MR) is 84.1 cm³/mol. The van der Waals surface area contributed by atoms with E-state index in [1.807, 2.05) is 13.8 Å². The topological polar surface area (TPSA) is 118 Å². The SMILES string of the molecule is CC(C)C[C@H](NC(=O)Nc1ccc(S(C)(=O)=O)cc1)C(N)=O. The number of urea groups is 1. The highest BCUT2D eigenvalue weighted by molar-refractivity contribution is 7.90. The number of amides is 3. The summed E-state index contributed by atoms with van der Waals surface area (Å²) in [4.78, 5) is 23.3. The Bertz CT molecular complexity index is 639. The second kappa shape index (κ2) is 7.26. The van der Waals surface area contributed by atoms with Crippen LogP contribution in [-0.4, -0.2) is 32.7 Å². The van der Waals surface area contributed by atoms with Crippen LogP contribution in [0.25, 0.3) is 0 Å². The molecule has 1 rings (SSSR count). The second-order valence-corrected chi connectivity index (χ2v) is 7.50. The molecule has 7 nitrogen and oxygen atoms in total. The first kappa shape index (κ1) is 18.0. The van der Waals surface area contributed by atoms with E-state index in [0.29, 0.717) is 12.1 Å². The minimum atomic E-state index is -3.28. The van der Waals surface area contributed by atoms with Crippen molar-refractivity contribution >= 4 is 27.5 Å². The van der Waals surface area contributed by atoms with Gasteiger partial charge in [0, 0.05) is 11.9 Å². The number of rotatable bonds is 6. The van der Waals surface area contributed by atoms with Crippen LogP contribution in [0, 0.1) is 5.92 Å². The molecule has 0 unspecified atom stereocenters. The molecule has 0 heterocycles. The molecule has 0 saturated heterocycles. The number of benzene rings is 1. The highest BCUT2D eigenvalue weighted by Gasteiger charge is 2.19. The van der Waals surface area contributed by atoms with Crippen LogP contribution in [0.4, 0.5) is 10.5 Å². The zero-order chi connectivity index (χ0) is 16.9. The van der Waals surface area contributed by atoms with Crippen molar-refractivity contribution in [1.82, 2.24) is 5.32 Å². The largest absolute Gasteiger partial charge is 0.368 e. The van der Waals surface area contributed by atoms with Crippen molar-refractivity contribution in [3.63, 3.8) is 0 Å². The van der Waals surface area contributed by atoms with Gasteiger partial charge in [0.05, 0.1) is 4.90 Å². The van der Waals surface area contributed by atoms with Crippen molar-refractivity contribution in [2.24, 2.45) is 11.7 Å². The fourth-order valence-corrected chi connectivity index (χ4v) is 2.46. The van der Waals surface area contributed by atoms with Crippen LogP contribution in [0.5, 0.6) is 0 Å². The molecular weight excluding hydrogens is 306 g/mol. The van der Waals surface area contributed by atoms with Gasteiger partial charge in [-0.25, -0.2) is 13.2 Å². The number of anilines is 1. The monoisotopic (exact) mass is 327 g/mol. The molecule has 0 bridgehead atoms. The third kappa shape index (κ3) is 5.72. The van der Waals surface area contributed by atoms with Crippen LogP contribution in [0.3, 0.4) is 0 Å². The van der Waals surface area contributed by atoms with E-state index in [1.165, 1.54) is 24.3 Å². The van der Waals surface area contributed by atoms with Gasteiger partial charge in [-0.2, -0.15) is 0 Å². The maximum Gasteiger partial charge on any atom is 0.319 e. The lowest BCUT2D eigenvalue weighted by Crippen LogP contribution is -2.46. The summed E-state index contributed by atoms with van der Waals surface area (Å²) in [5.41, 5.74) is 5.66. The minimum Gasteiger partial charge on any atom is -0.368 e. The zero-order valence-electron chi connectivity index (χ0n) is 12.8. The first-order valence-electron chi connectivity index (χ1n) is 6.76. The van der Waals surface area contributed by atoms with Crippen molar-refractivity contribution in [2.45, 2.75) is 31.2 Å². The first-order chi connectivity index (χ1) is 10.1. The summed E-state index contributed by atoms with van der Waals surface area (Å²) in [6.45, 7) is 3.83. The molecule has 0 aliphatic carbocycles. The van der Waals surface area contributed by atoms with Crippen LogP contribution in [0.2, 0.25) is 0 Å². The summed E-state index contributed by atoms with van der Waals surface area (Å²) < 4.78 is 22.7. The molecule has 0 saturated carbocycles. The van der Waals surface area contributed by atoms with E-state index in [9.17, 15) is 18.0 Å². The molecule has 4 N–H and O–H groups in total. The molecule has 8 heteroatoms. The van der Waals surface area contributed by atoms with Crippen molar-refractivity contribution in [2.75, 3.05) is 11.6 Å². The van der Waals surface area contributed by atoms with E-state index in [1.54, 1.807) is 0 Å². The third-order valence-corrected chi connectivity index (χ3v) is 4.02. The smallest absolute Gasteiger partial charge is 0.319 e. The highest BCUT2D eigenvalue weighted by atomic mass is 32.2. The Morgan fingerprint density at radius 3 is 2.14 bits per heavy atom. The van der Waals surface area contributed by atoms with Gasteiger partial charge in [-0.3, -0.25) is 4.79 Å². The zero-order valence-corrected chi connectivity index (χ0v) is 13.6. The summed E-state index contributed by atoms with van der Waals surface area (Å²) in [7, 11) is -3.28. The Morgan fingerprint density at radius 1 is 1.18 bits per heavy atom. The van der Waals surface area contributed by atoms with Gasteiger partial charge in [-0.05, 0) is 36.6 Å². The van der Waals surface area contributed by atoms with Crippen molar-refractivity contribution in [3.8, 4) is 0 Å². The molecule has 0 spiro atoms. The lowest BCUT2D eigenvalue weighted by Gasteiger charge is -2.17. The fourth-order valence-electron chi connectivity index (χ4n) is 1.83. The van der Waals surface area contributed by atoms with Crippen LogP contribution in [0.1, 0.15) is 20.3 Å². The van der Waals surface area contributed by atoms with E-state index in [0.717, 1.165) is 6.26 Å². The molecule has 0 aliphatic rings. The standard InChI is InChI=1S/C14H21N3O4S/c1-9(2)8-12(13(15)18)17-14(19)16-10-4-6-11(7-5-10)22(3,20)21/h4-7,9,12H,8H2,1-3H3,(H2,15,18)(H2,16,17,19)/t12-/m0/s1. The van der Waals surface area contributed by atoms with E-state index >= 15 is 0 Å². The number of nitrogens with two attached hydrogens (primary N) is 1. The van der Waals surface area contributed by atoms with Gasteiger partial charge in [0.2, 0.25) is 5.91 Å². The Hall–Kier alpha value is -2.09. The van der Waals surface area contributed by atoms with Gasteiger partial charge in [0.1, 0.15) is 6.04 Å². The molecule has 1 atom stereocenters. The molecule has 22 heavy (non-hydrogen) atoms. The Balaban J connectivity index is 2.70. The van der Waals surface area contributed by atoms with Gasteiger partial charge in [-0.15, -0.1) is 0 Å². The predicted octanol–water partition coefficient (Wildman–Crippen LogP) is 1.11. The van der Waals surface area contributed by atoms with Gasteiger partial charge >= 0.3 is 6.03 Å². The average Bonchev–Trinajstić information content (AvgIpc) is 2.36. The lowest BCUT2D eigenvalue weighted by molar-refractivity contribution is -0.120. The summed E-state index contributed by atoms with van der Waals surface area (Å²) in [5.74, 6) is -0.400. The van der Waals surface area contributed by atoms with Crippen LogP contribution >= 0.6 is 0 Å². The maximum absolute atomic E-state index is 11.8. The van der Waals surface area contributed by atoms with E-state index in [4.69, 9.17) is 5.73 Å². The molecule has 0 aliphatic heterocycles. The molecule has 122 valence electrons. The van der Waals surface area contributed by atoms with Crippen molar-refractivity contribution in [1.29, 1.82) is 0 Å². The molecule has 0 fully saturated rings. The lowest BCUT2D eigenvalue weighted by atomic mass is 10.0. The number of sulfone groups is 1. The summed E-state index contributed by atoms with van der Waals surface area (Å²) in [5, 5.41) is 5.02. The van der Waals surface area contributed by atoms with Gasteiger partial charge < -0.3 is 16.4 Å². The molecule has 3 amide bonds. The van der Waals surface area contributed by atoms with Gasteiger partial charge in [-0.1, -0.05) is 13.8 Å². The van der Waals surface area contributed by atoms with Gasteiger partial charge in [0.15, 0.2) is 9.84 Å². The van der Waals surface area contributed by atoms with E-state index < -0.39 is 27.8 Å². The molecule has 1 aromatic carbocycles. The molecule has 0 radical (unpaired) electrons. The van der Waals surface area contributed by atoms with Crippen LogP contribution in [0.15, 0.2) is 29.2 Å². The van der Waals surface area contributed by atoms with Crippen molar-refractivity contribution in [3.05, 3.63) is 24.3 Å². The van der Waals surface area contributed by atoms with Crippen LogP contribution < -0.4 is 16.4 Å².